The van der Waals surface area contributed by atoms with Crippen molar-refractivity contribution in [1.29, 1.82) is 0 Å². The van der Waals surface area contributed by atoms with E-state index in [1.165, 1.54) is 0 Å². The van der Waals surface area contributed by atoms with Crippen molar-refractivity contribution in [3.8, 4) is 17.2 Å². The van der Waals surface area contributed by atoms with Crippen LogP contribution in [0.1, 0.15) is 16.7 Å². The van der Waals surface area contributed by atoms with Crippen LogP contribution < -0.4 is 19.5 Å². The van der Waals surface area contributed by atoms with Crippen LogP contribution in [0, 0.1) is 6.92 Å². The van der Waals surface area contributed by atoms with Crippen LogP contribution in [0.4, 0.5) is 0 Å². The van der Waals surface area contributed by atoms with E-state index in [0.29, 0.717) is 42.7 Å². The lowest BCUT2D eigenvalue weighted by molar-refractivity contribution is -0.120. The first-order chi connectivity index (χ1) is 12.6. The van der Waals surface area contributed by atoms with Gasteiger partial charge in [-0.25, -0.2) is 0 Å². The molecule has 0 aromatic heterocycles. The minimum Gasteiger partial charge on any atom is -0.496 e. The molecule has 26 heavy (non-hydrogen) atoms. The highest BCUT2D eigenvalue weighted by molar-refractivity contribution is 6.32. The van der Waals surface area contributed by atoms with Gasteiger partial charge >= 0.3 is 0 Å². The molecular formula is C20H22ClNO4. The summed E-state index contributed by atoms with van der Waals surface area (Å²) in [5.41, 5.74) is 3.04. The standard InChI is InChI=1S/C20H22ClNO4/c1-13-3-4-17(24-2)15(9-13)5-6-22-19(23)12-14-10-16(21)20-18(11-14)25-7-8-26-20/h3-4,9-11H,5-8,12H2,1-2H3,(H,22,23). The number of nitrogens with one attached hydrogen (secondary N) is 1. The molecule has 0 radical (unpaired) electrons. The molecule has 0 fully saturated rings. The van der Waals surface area contributed by atoms with Crippen molar-refractivity contribution in [3.63, 3.8) is 0 Å². The number of hydrogen-bond donors (Lipinski definition) is 1. The van der Waals surface area contributed by atoms with E-state index in [4.69, 9.17) is 25.8 Å². The van der Waals surface area contributed by atoms with E-state index in [0.717, 1.165) is 22.4 Å². The Labute approximate surface area is 158 Å². The number of hydrogen-bond acceptors (Lipinski definition) is 4. The fourth-order valence-corrected chi connectivity index (χ4v) is 3.24. The Kier molecular flexibility index (Phi) is 5.89. The van der Waals surface area contributed by atoms with E-state index in [1.54, 1.807) is 13.2 Å². The highest BCUT2D eigenvalue weighted by atomic mass is 35.5. The van der Waals surface area contributed by atoms with Gasteiger partial charge in [0.15, 0.2) is 11.5 Å². The van der Waals surface area contributed by atoms with Crippen LogP contribution in [0.15, 0.2) is 30.3 Å². The van der Waals surface area contributed by atoms with Crippen LogP contribution in [-0.2, 0) is 17.6 Å². The second kappa shape index (κ2) is 8.32. The number of aryl methyl sites for hydroxylation is 1. The smallest absolute Gasteiger partial charge is 0.224 e. The molecule has 0 unspecified atom stereocenters. The molecule has 5 nitrogen and oxygen atoms in total. The number of ether oxygens (including phenoxy) is 3. The molecule has 0 saturated carbocycles. The maximum atomic E-state index is 12.2. The van der Waals surface area contributed by atoms with Crippen LogP contribution in [0.5, 0.6) is 17.2 Å². The van der Waals surface area contributed by atoms with Gasteiger partial charge < -0.3 is 19.5 Å². The van der Waals surface area contributed by atoms with E-state index in [9.17, 15) is 4.79 Å². The second-order valence-electron chi connectivity index (χ2n) is 6.19. The molecule has 0 saturated heterocycles. The van der Waals surface area contributed by atoms with E-state index in [2.05, 4.69) is 11.4 Å². The first-order valence-corrected chi connectivity index (χ1v) is 8.93. The zero-order chi connectivity index (χ0) is 18.5. The molecule has 0 atom stereocenters. The van der Waals surface area contributed by atoms with Gasteiger partial charge in [-0.05, 0) is 42.7 Å². The van der Waals surface area contributed by atoms with Gasteiger partial charge in [0.1, 0.15) is 19.0 Å². The molecule has 0 bridgehead atoms. The second-order valence-corrected chi connectivity index (χ2v) is 6.60. The van der Waals surface area contributed by atoms with Crippen LogP contribution in [0.25, 0.3) is 0 Å². The van der Waals surface area contributed by atoms with E-state index < -0.39 is 0 Å². The molecule has 1 amide bonds. The monoisotopic (exact) mass is 375 g/mol. The molecular weight excluding hydrogens is 354 g/mol. The quantitative estimate of drug-likeness (QED) is 0.841. The highest BCUT2D eigenvalue weighted by Gasteiger charge is 2.17. The zero-order valence-corrected chi connectivity index (χ0v) is 15.7. The summed E-state index contributed by atoms with van der Waals surface area (Å²) in [4.78, 5) is 12.2. The molecule has 2 aromatic carbocycles. The summed E-state index contributed by atoms with van der Waals surface area (Å²) in [6.07, 6.45) is 0.944. The highest BCUT2D eigenvalue weighted by Crippen LogP contribution is 2.38. The summed E-state index contributed by atoms with van der Waals surface area (Å²) in [5, 5.41) is 3.41. The summed E-state index contributed by atoms with van der Waals surface area (Å²) in [6, 6.07) is 9.59. The average Bonchev–Trinajstić information content (AvgIpc) is 2.62. The summed E-state index contributed by atoms with van der Waals surface area (Å²) >= 11 is 6.21. The third kappa shape index (κ3) is 4.41. The minimum atomic E-state index is -0.0654. The number of carbonyl (C=O) groups is 1. The molecule has 0 aliphatic carbocycles. The first kappa shape index (κ1) is 18.4. The number of carbonyl (C=O) groups excluding carboxylic acids is 1. The fourth-order valence-electron chi connectivity index (χ4n) is 2.95. The maximum absolute atomic E-state index is 12.2. The Morgan fingerprint density at radius 1 is 1.23 bits per heavy atom. The number of methoxy groups -OCH3 is 1. The van der Waals surface area contributed by atoms with Crippen molar-refractivity contribution in [2.75, 3.05) is 26.9 Å². The maximum Gasteiger partial charge on any atom is 0.224 e. The predicted octanol–water partition coefficient (Wildman–Crippen LogP) is 3.33. The number of rotatable bonds is 6. The normalized spacial score (nSPS) is 12.6. The van der Waals surface area contributed by atoms with Gasteiger partial charge in [-0.1, -0.05) is 29.3 Å². The molecule has 0 spiro atoms. The molecule has 1 heterocycles. The Balaban J connectivity index is 1.57. The molecule has 138 valence electrons. The van der Waals surface area contributed by atoms with Gasteiger partial charge in [-0.15, -0.1) is 0 Å². The average molecular weight is 376 g/mol. The minimum absolute atomic E-state index is 0.0654. The van der Waals surface area contributed by atoms with E-state index in [1.807, 2.05) is 25.1 Å². The fraction of sp³-hybridized carbons (Fsp3) is 0.350. The summed E-state index contributed by atoms with van der Waals surface area (Å²) in [5.74, 6) is 1.91. The third-order valence-corrected chi connectivity index (χ3v) is 4.45. The van der Waals surface area contributed by atoms with Gasteiger partial charge in [0.05, 0.1) is 18.6 Å². The van der Waals surface area contributed by atoms with Crippen LogP contribution in [0.2, 0.25) is 5.02 Å². The summed E-state index contributed by atoms with van der Waals surface area (Å²) < 4.78 is 16.4. The number of halogens is 1. The lowest BCUT2D eigenvalue weighted by Gasteiger charge is -2.20. The number of fused-ring (bicyclic) bond motifs is 1. The largest absolute Gasteiger partial charge is 0.496 e. The van der Waals surface area contributed by atoms with Crippen molar-refractivity contribution >= 4 is 17.5 Å². The lowest BCUT2D eigenvalue weighted by Crippen LogP contribution is -2.27. The Morgan fingerprint density at radius 2 is 2.04 bits per heavy atom. The van der Waals surface area contributed by atoms with Crippen molar-refractivity contribution in [1.82, 2.24) is 5.32 Å². The van der Waals surface area contributed by atoms with Gasteiger partial charge in [0.2, 0.25) is 5.91 Å². The van der Waals surface area contributed by atoms with Crippen molar-refractivity contribution in [2.24, 2.45) is 0 Å². The molecule has 1 aliphatic heterocycles. The predicted molar refractivity (Wildman–Crippen MR) is 101 cm³/mol. The van der Waals surface area contributed by atoms with Crippen molar-refractivity contribution in [3.05, 3.63) is 52.0 Å². The van der Waals surface area contributed by atoms with Crippen LogP contribution >= 0.6 is 11.6 Å². The van der Waals surface area contributed by atoms with Gasteiger partial charge in [0, 0.05) is 6.54 Å². The van der Waals surface area contributed by atoms with Crippen LogP contribution in [-0.4, -0.2) is 32.8 Å². The molecule has 6 heteroatoms. The topological polar surface area (TPSA) is 56.8 Å². The SMILES string of the molecule is COc1ccc(C)cc1CCNC(=O)Cc1cc(Cl)c2c(c1)OCCO2. The Hall–Kier alpha value is -2.40. The number of benzene rings is 2. The van der Waals surface area contributed by atoms with E-state index >= 15 is 0 Å². The summed E-state index contributed by atoms with van der Waals surface area (Å²) in [6.45, 7) is 3.54. The molecule has 1 aliphatic rings. The van der Waals surface area contributed by atoms with E-state index in [-0.39, 0.29) is 12.3 Å². The van der Waals surface area contributed by atoms with Gasteiger partial charge in [0.25, 0.3) is 0 Å². The van der Waals surface area contributed by atoms with Gasteiger partial charge in [-0.2, -0.15) is 0 Å². The van der Waals surface area contributed by atoms with Crippen LogP contribution in [0.3, 0.4) is 0 Å². The molecule has 2 aromatic rings. The van der Waals surface area contributed by atoms with Crippen molar-refractivity contribution < 1.29 is 19.0 Å². The first-order valence-electron chi connectivity index (χ1n) is 8.55. The Morgan fingerprint density at radius 3 is 2.85 bits per heavy atom. The molecule has 3 rings (SSSR count). The van der Waals surface area contributed by atoms with Gasteiger partial charge in [-0.3, -0.25) is 4.79 Å². The number of amides is 1. The lowest BCUT2D eigenvalue weighted by atomic mass is 10.1. The van der Waals surface area contributed by atoms with Crippen molar-refractivity contribution in [2.45, 2.75) is 19.8 Å². The summed E-state index contributed by atoms with van der Waals surface area (Å²) in [7, 11) is 1.65. The Bertz CT molecular complexity index is 807. The zero-order valence-electron chi connectivity index (χ0n) is 14.9. The molecule has 1 N–H and O–H groups in total. The third-order valence-electron chi connectivity index (χ3n) is 4.17.